The molecule has 1 heterocycles. The normalized spacial score (nSPS) is 13.8. The van der Waals surface area contributed by atoms with Crippen molar-refractivity contribution in [3.05, 3.63) is 59.7 Å². The van der Waals surface area contributed by atoms with Crippen molar-refractivity contribution in [2.75, 3.05) is 13.9 Å². The molecule has 2 aromatic carbocycles. The number of rotatable bonds is 7. The van der Waals surface area contributed by atoms with Crippen LogP contribution in [0.4, 0.5) is 0 Å². The lowest BCUT2D eigenvalue weighted by atomic mass is 9.97. The van der Waals surface area contributed by atoms with E-state index in [0.717, 1.165) is 29.0 Å². The highest BCUT2D eigenvalue weighted by molar-refractivity contribution is 5.92. The summed E-state index contributed by atoms with van der Waals surface area (Å²) in [4.78, 5) is 12.5. The van der Waals surface area contributed by atoms with Crippen molar-refractivity contribution in [2.24, 2.45) is 5.92 Å². The molecule has 1 N–H and O–H groups in total. The zero-order valence-corrected chi connectivity index (χ0v) is 15.9. The van der Waals surface area contributed by atoms with Gasteiger partial charge in [0.1, 0.15) is 5.75 Å². The number of fused-ring (bicyclic) bond motifs is 1. The SMILES string of the molecule is COc1ccc([C@H](CC(C)C)NC(=O)/C=C/c2ccc3c(c2)OCO3)cc1. The van der Waals surface area contributed by atoms with Gasteiger partial charge in [0.25, 0.3) is 0 Å². The van der Waals surface area contributed by atoms with E-state index in [1.54, 1.807) is 19.3 Å². The second kappa shape index (κ2) is 8.62. The summed E-state index contributed by atoms with van der Waals surface area (Å²) >= 11 is 0. The number of methoxy groups -OCH3 is 1. The van der Waals surface area contributed by atoms with Gasteiger partial charge in [-0.25, -0.2) is 0 Å². The van der Waals surface area contributed by atoms with Crippen LogP contribution < -0.4 is 19.5 Å². The van der Waals surface area contributed by atoms with E-state index in [4.69, 9.17) is 14.2 Å². The Morgan fingerprint density at radius 1 is 1.15 bits per heavy atom. The molecule has 1 amide bonds. The summed E-state index contributed by atoms with van der Waals surface area (Å²) in [6, 6.07) is 13.4. The standard InChI is InChI=1S/C22H25NO4/c1-15(2)12-19(17-6-8-18(25-3)9-7-17)23-22(24)11-5-16-4-10-20-21(13-16)27-14-26-20/h4-11,13,15,19H,12,14H2,1-3H3,(H,23,24)/b11-5+/t19-/m0/s1. The second-order valence-corrected chi connectivity index (χ2v) is 6.91. The third-order valence-corrected chi connectivity index (χ3v) is 4.37. The Morgan fingerprint density at radius 2 is 1.89 bits per heavy atom. The van der Waals surface area contributed by atoms with E-state index in [2.05, 4.69) is 19.2 Å². The summed E-state index contributed by atoms with van der Waals surface area (Å²) < 4.78 is 15.9. The number of amides is 1. The van der Waals surface area contributed by atoms with Crippen LogP contribution in [0.2, 0.25) is 0 Å². The lowest BCUT2D eigenvalue weighted by molar-refractivity contribution is -0.117. The van der Waals surface area contributed by atoms with E-state index in [-0.39, 0.29) is 18.7 Å². The van der Waals surface area contributed by atoms with Crippen molar-refractivity contribution in [1.29, 1.82) is 0 Å². The van der Waals surface area contributed by atoms with Crippen LogP contribution in [0.1, 0.15) is 37.4 Å². The summed E-state index contributed by atoms with van der Waals surface area (Å²) in [5.74, 6) is 2.56. The van der Waals surface area contributed by atoms with Crippen LogP contribution in [0.15, 0.2) is 48.5 Å². The first-order chi connectivity index (χ1) is 13.0. The van der Waals surface area contributed by atoms with Gasteiger partial charge in [0, 0.05) is 6.08 Å². The number of carbonyl (C=O) groups excluding carboxylic acids is 1. The van der Waals surface area contributed by atoms with E-state index < -0.39 is 0 Å². The summed E-state index contributed by atoms with van der Waals surface area (Å²) in [5.41, 5.74) is 1.95. The van der Waals surface area contributed by atoms with E-state index in [9.17, 15) is 4.79 Å². The van der Waals surface area contributed by atoms with Crippen LogP contribution in [0.5, 0.6) is 17.2 Å². The van der Waals surface area contributed by atoms with Gasteiger partial charge in [-0.15, -0.1) is 0 Å². The zero-order chi connectivity index (χ0) is 19.2. The van der Waals surface area contributed by atoms with Crippen molar-refractivity contribution >= 4 is 12.0 Å². The summed E-state index contributed by atoms with van der Waals surface area (Å²) in [6.07, 6.45) is 4.18. The maximum atomic E-state index is 12.5. The van der Waals surface area contributed by atoms with E-state index in [1.165, 1.54) is 0 Å². The first-order valence-electron chi connectivity index (χ1n) is 9.07. The molecular weight excluding hydrogens is 342 g/mol. The molecule has 0 radical (unpaired) electrons. The molecule has 0 aromatic heterocycles. The molecule has 1 aliphatic heterocycles. The minimum atomic E-state index is -0.130. The largest absolute Gasteiger partial charge is 0.497 e. The molecule has 2 aromatic rings. The van der Waals surface area contributed by atoms with Crippen molar-refractivity contribution in [3.63, 3.8) is 0 Å². The molecule has 0 unspecified atom stereocenters. The maximum Gasteiger partial charge on any atom is 0.244 e. The molecule has 0 spiro atoms. The molecule has 142 valence electrons. The number of benzene rings is 2. The molecule has 0 bridgehead atoms. The third kappa shape index (κ3) is 5.03. The summed E-state index contributed by atoms with van der Waals surface area (Å²) in [6.45, 7) is 4.53. The van der Waals surface area contributed by atoms with Crippen LogP contribution >= 0.6 is 0 Å². The Labute approximate surface area is 159 Å². The smallest absolute Gasteiger partial charge is 0.244 e. The van der Waals surface area contributed by atoms with Gasteiger partial charge >= 0.3 is 0 Å². The summed E-state index contributed by atoms with van der Waals surface area (Å²) in [5, 5.41) is 3.10. The van der Waals surface area contributed by atoms with Crippen molar-refractivity contribution in [3.8, 4) is 17.2 Å². The van der Waals surface area contributed by atoms with Crippen molar-refractivity contribution in [2.45, 2.75) is 26.3 Å². The van der Waals surface area contributed by atoms with Gasteiger partial charge in [-0.3, -0.25) is 4.79 Å². The maximum absolute atomic E-state index is 12.5. The zero-order valence-electron chi connectivity index (χ0n) is 15.9. The Kier molecular flexibility index (Phi) is 6.01. The van der Waals surface area contributed by atoms with Gasteiger partial charge in [-0.05, 0) is 53.8 Å². The van der Waals surface area contributed by atoms with E-state index >= 15 is 0 Å². The monoisotopic (exact) mass is 367 g/mol. The molecule has 0 saturated heterocycles. The molecule has 5 nitrogen and oxygen atoms in total. The van der Waals surface area contributed by atoms with Gasteiger partial charge in [-0.2, -0.15) is 0 Å². The molecule has 0 fully saturated rings. The summed E-state index contributed by atoms with van der Waals surface area (Å²) in [7, 11) is 1.64. The van der Waals surface area contributed by atoms with Gasteiger partial charge in [0.15, 0.2) is 11.5 Å². The fraction of sp³-hybridized carbons (Fsp3) is 0.318. The van der Waals surface area contributed by atoms with Gasteiger partial charge in [0.2, 0.25) is 12.7 Å². The first-order valence-corrected chi connectivity index (χ1v) is 9.07. The highest BCUT2D eigenvalue weighted by atomic mass is 16.7. The lowest BCUT2D eigenvalue weighted by Gasteiger charge is -2.20. The van der Waals surface area contributed by atoms with Crippen LogP contribution in [0.25, 0.3) is 6.08 Å². The van der Waals surface area contributed by atoms with Gasteiger partial charge in [0.05, 0.1) is 13.2 Å². The van der Waals surface area contributed by atoms with Crippen LogP contribution in [0.3, 0.4) is 0 Å². The number of hydrogen-bond donors (Lipinski definition) is 1. The molecule has 0 aliphatic carbocycles. The Morgan fingerprint density at radius 3 is 2.59 bits per heavy atom. The molecule has 5 heteroatoms. The number of carbonyl (C=O) groups is 1. The quantitative estimate of drug-likeness (QED) is 0.740. The molecule has 3 rings (SSSR count). The van der Waals surface area contributed by atoms with Gasteiger partial charge in [-0.1, -0.05) is 32.0 Å². The number of hydrogen-bond acceptors (Lipinski definition) is 4. The minimum Gasteiger partial charge on any atom is -0.497 e. The third-order valence-electron chi connectivity index (χ3n) is 4.37. The van der Waals surface area contributed by atoms with Crippen molar-refractivity contribution < 1.29 is 19.0 Å². The molecular formula is C22H25NO4. The average molecular weight is 367 g/mol. The van der Waals surface area contributed by atoms with Crippen LogP contribution in [0, 0.1) is 5.92 Å². The van der Waals surface area contributed by atoms with Crippen LogP contribution in [-0.2, 0) is 4.79 Å². The lowest BCUT2D eigenvalue weighted by Crippen LogP contribution is -2.27. The fourth-order valence-electron chi connectivity index (χ4n) is 2.99. The highest BCUT2D eigenvalue weighted by Gasteiger charge is 2.16. The topological polar surface area (TPSA) is 56.8 Å². The molecule has 1 aliphatic rings. The Hall–Kier alpha value is -2.95. The molecule has 1 atom stereocenters. The average Bonchev–Trinajstić information content (AvgIpc) is 3.13. The minimum absolute atomic E-state index is 0.0511. The number of nitrogens with one attached hydrogen (secondary N) is 1. The predicted octanol–water partition coefficient (Wildman–Crippen LogP) is 4.34. The predicted molar refractivity (Wildman–Crippen MR) is 105 cm³/mol. The van der Waals surface area contributed by atoms with E-state index in [1.807, 2.05) is 42.5 Å². The molecule has 27 heavy (non-hydrogen) atoms. The Bertz CT molecular complexity index is 812. The van der Waals surface area contributed by atoms with E-state index in [0.29, 0.717) is 11.7 Å². The number of ether oxygens (including phenoxy) is 3. The van der Waals surface area contributed by atoms with Crippen molar-refractivity contribution in [1.82, 2.24) is 5.32 Å². The fourth-order valence-corrected chi connectivity index (χ4v) is 2.99. The first kappa shape index (κ1) is 18.8. The molecule has 0 saturated carbocycles. The van der Waals surface area contributed by atoms with Crippen LogP contribution in [-0.4, -0.2) is 19.8 Å². The second-order valence-electron chi connectivity index (χ2n) is 6.91. The highest BCUT2D eigenvalue weighted by Crippen LogP contribution is 2.32. The van der Waals surface area contributed by atoms with Gasteiger partial charge < -0.3 is 19.5 Å². The Balaban J connectivity index is 1.68.